The summed E-state index contributed by atoms with van der Waals surface area (Å²) < 4.78 is 0. The summed E-state index contributed by atoms with van der Waals surface area (Å²) in [6.45, 7) is 56.3. The van der Waals surface area contributed by atoms with E-state index in [0.29, 0.717) is 0 Å². The third kappa shape index (κ3) is 13.8. The molecule has 1 rings (SSSR count). The molecule has 0 aliphatic carbocycles. The maximum absolute atomic E-state index is 2.73. The highest BCUT2D eigenvalue weighted by Gasteiger charge is 2.32. The summed E-state index contributed by atoms with van der Waals surface area (Å²) in [6, 6.07) is 0. The summed E-state index contributed by atoms with van der Waals surface area (Å²) in [5.41, 5.74) is 0.829. The Balaban J connectivity index is 3.48. The molecule has 0 aromatic carbocycles. The van der Waals surface area contributed by atoms with Crippen LogP contribution in [0.25, 0.3) is 0 Å². The fourth-order valence-corrected chi connectivity index (χ4v) is 6.14. The predicted molar refractivity (Wildman–Crippen MR) is 188 cm³/mol. The van der Waals surface area contributed by atoms with E-state index in [2.05, 4.69) is 154 Å². The molecule has 252 valence electrons. The van der Waals surface area contributed by atoms with Crippen molar-refractivity contribution in [2.45, 2.75) is 158 Å². The summed E-state index contributed by atoms with van der Waals surface area (Å²) >= 11 is 0. The minimum atomic E-state index is 0.138. The van der Waals surface area contributed by atoms with Crippen molar-refractivity contribution in [3.63, 3.8) is 0 Å². The van der Waals surface area contributed by atoms with Crippen LogP contribution in [0.3, 0.4) is 0 Å². The summed E-state index contributed by atoms with van der Waals surface area (Å²) in [5, 5.41) is 0. The first-order valence-electron chi connectivity index (χ1n) is 17.1. The van der Waals surface area contributed by atoms with E-state index in [1.165, 1.54) is 0 Å². The largest absolute Gasteiger partial charge is 0.296 e. The quantitative estimate of drug-likeness (QED) is 0.312. The molecule has 0 aromatic heterocycles. The van der Waals surface area contributed by atoms with E-state index >= 15 is 0 Å². The molecule has 0 unspecified atom stereocenters. The van der Waals surface area contributed by atoms with Gasteiger partial charge in [0.2, 0.25) is 0 Å². The number of hydrogen-bond donors (Lipinski definition) is 0. The molecule has 1 saturated heterocycles. The van der Waals surface area contributed by atoms with E-state index in [4.69, 9.17) is 0 Å². The van der Waals surface area contributed by atoms with Crippen LogP contribution in [-0.2, 0) is 0 Å². The standard InChI is InChI=1S/C36H78N6/c1-31(2,3)37-19-21-38(32(4,5)6)23-25-40(34(10,11)12)27-29-42(36(16,17)18)30-28-41(35(13,14)15)26-24-39(22-20-37)33(7,8)9/h19-30H2,1-18H3. The molecule has 0 saturated carbocycles. The zero-order valence-corrected chi connectivity index (χ0v) is 32.2. The monoisotopic (exact) mass is 595 g/mol. The highest BCUT2D eigenvalue weighted by atomic mass is 15.3. The fourth-order valence-electron chi connectivity index (χ4n) is 6.14. The Labute approximate surface area is 265 Å². The highest BCUT2D eigenvalue weighted by molar-refractivity contribution is 4.88. The van der Waals surface area contributed by atoms with Gasteiger partial charge in [-0.05, 0) is 125 Å². The van der Waals surface area contributed by atoms with Gasteiger partial charge in [-0.1, -0.05) is 0 Å². The van der Waals surface area contributed by atoms with Gasteiger partial charge in [-0.3, -0.25) is 29.4 Å². The second kappa shape index (κ2) is 14.9. The van der Waals surface area contributed by atoms with Gasteiger partial charge < -0.3 is 0 Å². The van der Waals surface area contributed by atoms with Gasteiger partial charge in [0.05, 0.1) is 0 Å². The van der Waals surface area contributed by atoms with Gasteiger partial charge in [0, 0.05) is 112 Å². The Morgan fingerprint density at radius 2 is 0.262 bits per heavy atom. The molecule has 1 fully saturated rings. The summed E-state index contributed by atoms with van der Waals surface area (Å²) in [6.07, 6.45) is 0. The molecule has 0 N–H and O–H groups in total. The smallest absolute Gasteiger partial charge is 0.0126 e. The van der Waals surface area contributed by atoms with Crippen molar-refractivity contribution in [1.82, 2.24) is 29.4 Å². The summed E-state index contributed by atoms with van der Waals surface area (Å²) in [5.74, 6) is 0. The van der Waals surface area contributed by atoms with E-state index in [-0.39, 0.29) is 33.2 Å². The van der Waals surface area contributed by atoms with Crippen LogP contribution in [0.4, 0.5) is 0 Å². The third-order valence-corrected chi connectivity index (χ3v) is 9.53. The SMILES string of the molecule is CC(C)(C)N1CCN(C(C)(C)C)CCN(C(C)(C)C)CCN(C(C)(C)C)CCN(C(C)(C)C)CCN(C(C)(C)C)CC1. The van der Waals surface area contributed by atoms with Crippen molar-refractivity contribution >= 4 is 0 Å². The Hall–Kier alpha value is -0.240. The zero-order chi connectivity index (χ0) is 32.9. The maximum atomic E-state index is 2.73. The van der Waals surface area contributed by atoms with Crippen LogP contribution in [0.15, 0.2) is 0 Å². The lowest BCUT2D eigenvalue weighted by atomic mass is 10.0. The van der Waals surface area contributed by atoms with Crippen molar-refractivity contribution in [3.8, 4) is 0 Å². The van der Waals surface area contributed by atoms with Gasteiger partial charge in [-0.2, -0.15) is 0 Å². The first kappa shape index (κ1) is 39.8. The molecule has 42 heavy (non-hydrogen) atoms. The van der Waals surface area contributed by atoms with Crippen LogP contribution in [0, 0.1) is 0 Å². The predicted octanol–water partition coefficient (Wildman–Crippen LogP) is 6.60. The molecule has 0 radical (unpaired) electrons. The second-order valence-corrected chi connectivity index (χ2v) is 18.9. The maximum Gasteiger partial charge on any atom is 0.0126 e. The lowest BCUT2D eigenvalue weighted by Gasteiger charge is -2.46. The van der Waals surface area contributed by atoms with Crippen LogP contribution >= 0.6 is 0 Å². The molecule has 6 nitrogen and oxygen atoms in total. The lowest BCUT2D eigenvalue weighted by Crippen LogP contribution is -2.57. The second-order valence-electron chi connectivity index (χ2n) is 18.9. The van der Waals surface area contributed by atoms with Crippen molar-refractivity contribution in [3.05, 3.63) is 0 Å². The van der Waals surface area contributed by atoms with Gasteiger partial charge in [0.15, 0.2) is 0 Å². The van der Waals surface area contributed by atoms with Gasteiger partial charge in [0.1, 0.15) is 0 Å². The van der Waals surface area contributed by atoms with Crippen molar-refractivity contribution in [2.24, 2.45) is 0 Å². The first-order chi connectivity index (χ1) is 18.6. The molecular formula is C36H78N6. The minimum Gasteiger partial charge on any atom is -0.296 e. The van der Waals surface area contributed by atoms with Gasteiger partial charge in [-0.25, -0.2) is 0 Å². The fraction of sp³-hybridized carbons (Fsp3) is 1.00. The molecule has 0 spiro atoms. The highest BCUT2D eigenvalue weighted by Crippen LogP contribution is 2.23. The first-order valence-corrected chi connectivity index (χ1v) is 17.1. The van der Waals surface area contributed by atoms with E-state index in [1.807, 2.05) is 0 Å². The average Bonchev–Trinajstić information content (AvgIpc) is 2.73. The number of hydrogen-bond acceptors (Lipinski definition) is 6. The van der Waals surface area contributed by atoms with Gasteiger partial charge in [-0.15, -0.1) is 0 Å². The lowest BCUT2D eigenvalue weighted by molar-refractivity contribution is 0.0211. The molecule has 1 aliphatic heterocycles. The van der Waals surface area contributed by atoms with E-state index in [1.54, 1.807) is 0 Å². The van der Waals surface area contributed by atoms with Crippen LogP contribution < -0.4 is 0 Å². The number of rotatable bonds is 0. The average molecular weight is 595 g/mol. The molecule has 0 aromatic rings. The third-order valence-electron chi connectivity index (χ3n) is 9.53. The van der Waals surface area contributed by atoms with Crippen LogP contribution in [-0.4, -0.2) is 141 Å². The molecule has 0 amide bonds. The van der Waals surface area contributed by atoms with E-state index in [0.717, 1.165) is 78.5 Å². The van der Waals surface area contributed by atoms with Crippen molar-refractivity contribution < 1.29 is 0 Å². The Morgan fingerprint density at radius 3 is 0.310 bits per heavy atom. The van der Waals surface area contributed by atoms with Crippen LogP contribution in [0.5, 0.6) is 0 Å². The normalized spacial score (nSPS) is 22.7. The molecule has 6 heteroatoms. The number of nitrogens with zero attached hydrogens (tertiary/aromatic N) is 6. The molecule has 1 aliphatic rings. The Morgan fingerprint density at radius 1 is 0.190 bits per heavy atom. The van der Waals surface area contributed by atoms with Crippen molar-refractivity contribution in [2.75, 3.05) is 78.5 Å². The molecular weight excluding hydrogens is 516 g/mol. The molecule has 0 bridgehead atoms. The van der Waals surface area contributed by atoms with Gasteiger partial charge in [0.25, 0.3) is 0 Å². The molecule has 1 heterocycles. The Kier molecular flexibility index (Phi) is 14.1. The van der Waals surface area contributed by atoms with E-state index in [9.17, 15) is 0 Å². The van der Waals surface area contributed by atoms with Crippen LogP contribution in [0.2, 0.25) is 0 Å². The minimum absolute atomic E-state index is 0.138. The summed E-state index contributed by atoms with van der Waals surface area (Å²) in [4.78, 5) is 16.4. The zero-order valence-electron chi connectivity index (χ0n) is 32.2. The van der Waals surface area contributed by atoms with Gasteiger partial charge >= 0.3 is 0 Å². The van der Waals surface area contributed by atoms with E-state index < -0.39 is 0 Å². The topological polar surface area (TPSA) is 19.4 Å². The summed E-state index contributed by atoms with van der Waals surface area (Å²) in [7, 11) is 0. The molecule has 0 atom stereocenters. The Bertz CT molecular complexity index is 571. The van der Waals surface area contributed by atoms with Crippen molar-refractivity contribution in [1.29, 1.82) is 0 Å². The van der Waals surface area contributed by atoms with Crippen LogP contribution in [0.1, 0.15) is 125 Å².